The van der Waals surface area contributed by atoms with Crippen molar-refractivity contribution >= 4 is 27.6 Å². The number of aliphatic hydroxyl groups excluding tert-OH is 4. The smallest absolute Gasteiger partial charge is 0.110 e. The van der Waals surface area contributed by atoms with E-state index in [9.17, 15) is 20.4 Å². The van der Waals surface area contributed by atoms with Crippen LogP contribution in [0.1, 0.15) is 40.6 Å². The second kappa shape index (κ2) is 4.65. The highest BCUT2D eigenvalue weighted by Crippen LogP contribution is 2.48. The summed E-state index contributed by atoms with van der Waals surface area (Å²) in [6.45, 7) is 0. The summed E-state index contributed by atoms with van der Waals surface area (Å²) in [5, 5.41) is 45.2. The van der Waals surface area contributed by atoms with Crippen molar-refractivity contribution in [2.75, 3.05) is 0 Å². The predicted octanol–water partition coefficient (Wildman–Crippen LogP) is 2.49. The fourth-order valence-electron chi connectivity index (χ4n) is 4.14. The van der Waals surface area contributed by atoms with Gasteiger partial charge in [0.15, 0.2) is 0 Å². The van der Waals surface area contributed by atoms with Gasteiger partial charge in [-0.1, -0.05) is 42.5 Å². The van der Waals surface area contributed by atoms with Crippen LogP contribution >= 0.6 is 0 Å². The van der Waals surface area contributed by atoms with Gasteiger partial charge in [-0.25, -0.2) is 0 Å². The van der Waals surface area contributed by atoms with E-state index in [0.717, 1.165) is 32.7 Å². The van der Waals surface area contributed by atoms with E-state index in [0.29, 0.717) is 11.1 Å². The molecule has 0 radical (unpaired) electrons. The van der Waals surface area contributed by atoms with E-state index >= 15 is 0 Å². The van der Waals surface area contributed by atoms with Gasteiger partial charge in [0, 0.05) is 0 Å². The van der Waals surface area contributed by atoms with Gasteiger partial charge in [-0.3, -0.25) is 0 Å². The molecule has 0 aromatic heterocycles. The molecule has 120 valence electrons. The van der Waals surface area contributed by atoms with Gasteiger partial charge in [0.1, 0.15) is 24.4 Å². The lowest BCUT2D eigenvalue weighted by Gasteiger charge is -2.31. The van der Waals surface area contributed by atoms with E-state index in [1.54, 1.807) is 12.1 Å². The number of aliphatic hydroxyl groups is 4. The van der Waals surface area contributed by atoms with Gasteiger partial charge in [0.25, 0.3) is 0 Å². The molecule has 0 bridgehead atoms. The molecule has 0 aliphatic heterocycles. The summed E-state index contributed by atoms with van der Waals surface area (Å²) in [7, 11) is 0. The quantitative estimate of drug-likeness (QED) is 0.480. The second-order valence-electron chi connectivity index (χ2n) is 6.59. The molecule has 2 aliphatic rings. The molecular weight excluding hydrogens is 304 g/mol. The molecule has 2 aliphatic carbocycles. The maximum Gasteiger partial charge on any atom is 0.110 e. The highest BCUT2D eigenvalue weighted by atomic mass is 16.3. The Morgan fingerprint density at radius 1 is 0.708 bits per heavy atom. The van der Waals surface area contributed by atoms with Crippen LogP contribution in [0.15, 0.2) is 42.5 Å². The Balaban J connectivity index is 2.02. The van der Waals surface area contributed by atoms with Crippen LogP contribution in [-0.4, -0.2) is 26.5 Å². The van der Waals surface area contributed by atoms with E-state index in [4.69, 9.17) is 0 Å². The van der Waals surface area contributed by atoms with Crippen molar-refractivity contribution in [1.82, 2.24) is 0 Å². The van der Waals surface area contributed by atoms with Gasteiger partial charge >= 0.3 is 0 Å². The molecule has 3 aromatic carbocycles. The predicted molar refractivity (Wildman–Crippen MR) is 91.4 cm³/mol. The molecule has 4 nitrogen and oxygen atoms in total. The largest absolute Gasteiger partial charge is 0.386 e. The summed E-state index contributed by atoms with van der Waals surface area (Å²) in [5.41, 5.74) is 2.75. The van der Waals surface area contributed by atoms with E-state index in [-0.39, 0.29) is 0 Å². The third-order valence-electron chi connectivity index (χ3n) is 5.32. The van der Waals surface area contributed by atoms with E-state index in [1.165, 1.54) is 0 Å². The summed E-state index contributed by atoms with van der Waals surface area (Å²) in [4.78, 5) is 0. The Bertz CT molecular complexity index is 1040. The van der Waals surface area contributed by atoms with Crippen LogP contribution in [-0.2, 0) is 0 Å². The Labute approximate surface area is 137 Å². The minimum absolute atomic E-state index is 0.581. The van der Waals surface area contributed by atoms with Gasteiger partial charge in [-0.2, -0.15) is 0 Å². The lowest BCUT2D eigenvalue weighted by atomic mass is 9.78. The Hall–Kier alpha value is -2.24. The molecule has 4 heteroatoms. The number of hydrogen-bond acceptors (Lipinski definition) is 4. The molecule has 0 saturated heterocycles. The van der Waals surface area contributed by atoms with Crippen LogP contribution in [0.2, 0.25) is 0 Å². The first kappa shape index (κ1) is 14.1. The standard InChI is InChI=1S/C20H16O4/c21-15-7-6-10-11-5-4-9-2-1-3-12-16(9)17(11)14(20(24)19(12)23)8-13(10)18(15)22/h1-8,15,18-24H/t15-,18-,19-,20-/m0/s1. The molecule has 4 N–H and O–H groups in total. The lowest BCUT2D eigenvalue weighted by Crippen LogP contribution is -2.22. The maximum absolute atomic E-state index is 10.6. The van der Waals surface area contributed by atoms with Crippen molar-refractivity contribution in [3.63, 3.8) is 0 Å². The van der Waals surface area contributed by atoms with E-state index in [1.807, 2.05) is 36.4 Å². The van der Waals surface area contributed by atoms with Crippen molar-refractivity contribution in [2.24, 2.45) is 0 Å². The summed E-state index contributed by atoms with van der Waals surface area (Å²) in [6.07, 6.45) is -0.678. The maximum atomic E-state index is 10.6. The lowest BCUT2D eigenvalue weighted by molar-refractivity contribution is 0.0172. The van der Waals surface area contributed by atoms with E-state index < -0.39 is 24.4 Å². The van der Waals surface area contributed by atoms with E-state index in [2.05, 4.69) is 0 Å². The molecule has 0 unspecified atom stereocenters. The molecular formula is C20H16O4. The average Bonchev–Trinajstić information content (AvgIpc) is 2.61. The average molecular weight is 320 g/mol. The second-order valence-corrected chi connectivity index (χ2v) is 6.59. The topological polar surface area (TPSA) is 80.9 Å². The molecule has 0 heterocycles. The van der Waals surface area contributed by atoms with Crippen molar-refractivity contribution < 1.29 is 20.4 Å². The molecule has 24 heavy (non-hydrogen) atoms. The third kappa shape index (κ3) is 1.61. The monoisotopic (exact) mass is 320 g/mol. The van der Waals surface area contributed by atoms with Gasteiger partial charge in [-0.15, -0.1) is 0 Å². The van der Waals surface area contributed by atoms with Gasteiger partial charge in [0.05, 0.1) is 0 Å². The summed E-state index contributed by atoms with van der Waals surface area (Å²) in [6, 6.07) is 11.4. The number of fused-ring (bicyclic) bond motifs is 2. The fourth-order valence-corrected chi connectivity index (χ4v) is 4.14. The molecule has 4 atom stereocenters. The summed E-state index contributed by atoms with van der Waals surface area (Å²) < 4.78 is 0. The van der Waals surface area contributed by atoms with Crippen molar-refractivity contribution in [1.29, 1.82) is 0 Å². The zero-order chi connectivity index (χ0) is 16.6. The SMILES string of the molecule is O[C@H]1C=Cc2c(cc3c4c2ccc2cccc(c24)[C@H](O)[C@H]3O)[C@@H]1O. The van der Waals surface area contributed by atoms with Gasteiger partial charge in [0.2, 0.25) is 0 Å². The van der Waals surface area contributed by atoms with Crippen LogP contribution in [0.3, 0.4) is 0 Å². The molecule has 0 fully saturated rings. The summed E-state index contributed by atoms with van der Waals surface area (Å²) in [5.74, 6) is 0. The number of rotatable bonds is 0. The Kier molecular flexibility index (Phi) is 2.74. The normalized spacial score (nSPS) is 27.8. The fraction of sp³-hybridized carbons (Fsp3) is 0.200. The zero-order valence-corrected chi connectivity index (χ0v) is 12.7. The molecule has 5 rings (SSSR count). The molecule has 0 saturated carbocycles. The van der Waals surface area contributed by atoms with Crippen molar-refractivity contribution in [3.05, 3.63) is 64.7 Å². The highest BCUT2D eigenvalue weighted by Gasteiger charge is 2.33. The highest BCUT2D eigenvalue weighted by molar-refractivity contribution is 6.14. The first-order chi connectivity index (χ1) is 11.6. The first-order valence-corrected chi connectivity index (χ1v) is 8.00. The number of hydrogen-bond donors (Lipinski definition) is 4. The van der Waals surface area contributed by atoms with Crippen LogP contribution in [0.5, 0.6) is 0 Å². The molecule has 3 aromatic rings. The third-order valence-corrected chi connectivity index (χ3v) is 5.32. The van der Waals surface area contributed by atoms with Crippen molar-refractivity contribution in [2.45, 2.75) is 24.4 Å². The van der Waals surface area contributed by atoms with Gasteiger partial charge < -0.3 is 20.4 Å². The first-order valence-electron chi connectivity index (χ1n) is 8.00. The zero-order valence-electron chi connectivity index (χ0n) is 12.7. The summed E-state index contributed by atoms with van der Waals surface area (Å²) >= 11 is 0. The molecule has 0 amide bonds. The Morgan fingerprint density at radius 2 is 1.50 bits per heavy atom. The van der Waals surface area contributed by atoms with Crippen LogP contribution in [0.4, 0.5) is 0 Å². The van der Waals surface area contributed by atoms with Crippen molar-refractivity contribution in [3.8, 4) is 0 Å². The van der Waals surface area contributed by atoms with Crippen LogP contribution in [0, 0.1) is 0 Å². The van der Waals surface area contributed by atoms with Gasteiger partial charge in [-0.05, 0) is 49.9 Å². The van der Waals surface area contributed by atoms with Crippen LogP contribution < -0.4 is 0 Å². The minimum Gasteiger partial charge on any atom is -0.386 e. The number of benzene rings is 3. The minimum atomic E-state index is -1.06. The van der Waals surface area contributed by atoms with Crippen LogP contribution in [0.25, 0.3) is 27.6 Å². The Morgan fingerprint density at radius 3 is 2.33 bits per heavy atom. The molecule has 0 spiro atoms.